The van der Waals surface area contributed by atoms with Crippen molar-refractivity contribution in [3.63, 3.8) is 0 Å². The largest absolute Gasteiger partial charge is 0.459 e. The number of benzene rings is 2. The first-order valence-corrected chi connectivity index (χ1v) is 10.5. The molecule has 1 saturated heterocycles. The maximum absolute atomic E-state index is 13.0. The summed E-state index contributed by atoms with van der Waals surface area (Å²) in [6, 6.07) is 15.1. The van der Waals surface area contributed by atoms with Crippen LogP contribution >= 0.6 is 15.9 Å². The van der Waals surface area contributed by atoms with Crippen LogP contribution in [0.15, 0.2) is 53.0 Å². The molecule has 3 heterocycles. The van der Waals surface area contributed by atoms with Crippen molar-refractivity contribution in [1.29, 1.82) is 0 Å². The molecule has 2 N–H and O–H groups in total. The predicted octanol–water partition coefficient (Wildman–Crippen LogP) is 4.25. The van der Waals surface area contributed by atoms with Crippen molar-refractivity contribution in [2.75, 3.05) is 18.9 Å². The van der Waals surface area contributed by atoms with Gasteiger partial charge in [0, 0.05) is 11.1 Å². The normalized spacial score (nSPS) is 16.4. The number of ether oxygens (including phenoxy) is 2. The molecular formula is C22H19BrN4O3. The highest BCUT2D eigenvalue weighted by molar-refractivity contribution is 9.10. The number of nitrogens with zero attached hydrogens (tertiary/aromatic N) is 3. The third-order valence-corrected chi connectivity index (χ3v) is 5.69. The van der Waals surface area contributed by atoms with Crippen molar-refractivity contribution in [1.82, 2.24) is 14.5 Å². The highest BCUT2D eigenvalue weighted by Gasteiger charge is 2.27. The van der Waals surface area contributed by atoms with Crippen molar-refractivity contribution < 1.29 is 14.3 Å². The van der Waals surface area contributed by atoms with Crippen LogP contribution in [0.1, 0.15) is 23.2 Å². The number of fused-ring (bicyclic) bond motifs is 2. The maximum Gasteiger partial charge on any atom is 0.344 e. The van der Waals surface area contributed by atoms with Crippen LogP contribution in [0.2, 0.25) is 0 Å². The SMILES string of the molecule is Nc1c(C(=O)OC[C@@H]2CCCO2)c2nc3ccccc3nc2n1-c1cccc(Br)c1. The van der Waals surface area contributed by atoms with E-state index in [1.165, 1.54) is 0 Å². The highest BCUT2D eigenvalue weighted by Crippen LogP contribution is 2.32. The van der Waals surface area contributed by atoms with Crippen LogP contribution < -0.4 is 5.73 Å². The van der Waals surface area contributed by atoms with Crippen molar-refractivity contribution in [2.45, 2.75) is 18.9 Å². The molecule has 0 amide bonds. The van der Waals surface area contributed by atoms with Gasteiger partial charge in [-0.05, 0) is 43.2 Å². The summed E-state index contributed by atoms with van der Waals surface area (Å²) in [5, 5.41) is 0. The van der Waals surface area contributed by atoms with Crippen LogP contribution in [0.25, 0.3) is 27.9 Å². The summed E-state index contributed by atoms with van der Waals surface area (Å²) in [6.07, 6.45) is 1.79. The van der Waals surface area contributed by atoms with Gasteiger partial charge in [0.05, 0.1) is 22.8 Å². The second-order valence-electron chi connectivity index (χ2n) is 7.19. The molecule has 0 radical (unpaired) electrons. The fraction of sp³-hybridized carbons (Fsp3) is 0.227. The summed E-state index contributed by atoms with van der Waals surface area (Å²) in [4.78, 5) is 22.5. The first-order chi connectivity index (χ1) is 14.6. The quantitative estimate of drug-likeness (QED) is 0.451. The molecule has 8 heteroatoms. The Morgan fingerprint density at radius 2 is 2.00 bits per heavy atom. The van der Waals surface area contributed by atoms with E-state index in [4.69, 9.17) is 25.2 Å². The monoisotopic (exact) mass is 466 g/mol. The average molecular weight is 467 g/mol. The number of hydrogen-bond acceptors (Lipinski definition) is 6. The third-order valence-electron chi connectivity index (χ3n) is 5.19. The number of carbonyl (C=O) groups is 1. The van der Waals surface area contributed by atoms with Crippen molar-refractivity contribution in [3.8, 4) is 5.69 Å². The zero-order valence-electron chi connectivity index (χ0n) is 16.0. The third kappa shape index (κ3) is 3.32. The van der Waals surface area contributed by atoms with E-state index in [1.807, 2.05) is 48.5 Å². The van der Waals surface area contributed by atoms with Gasteiger partial charge in [-0.15, -0.1) is 0 Å². The van der Waals surface area contributed by atoms with E-state index in [-0.39, 0.29) is 24.1 Å². The van der Waals surface area contributed by atoms with E-state index in [2.05, 4.69) is 15.9 Å². The number of anilines is 1. The summed E-state index contributed by atoms with van der Waals surface area (Å²) in [5.41, 5.74) is 9.81. The van der Waals surface area contributed by atoms with Crippen LogP contribution in [-0.4, -0.2) is 39.8 Å². The summed E-state index contributed by atoms with van der Waals surface area (Å²) in [5.74, 6) is -0.276. The lowest BCUT2D eigenvalue weighted by molar-refractivity contribution is 0.0163. The van der Waals surface area contributed by atoms with Gasteiger partial charge in [0.2, 0.25) is 0 Å². The van der Waals surface area contributed by atoms with E-state index in [9.17, 15) is 4.79 Å². The fourth-order valence-electron chi connectivity index (χ4n) is 3.76. The lowest BCUT2D eigenvalue weighted by Gasteiger charge is -2.10. The van der Waals surface area contributed by atoms with Crippen molar-refractivity contribution in [2.24, 2.45) is 0 Å². The Bertz CT molecular complexity index is 1260. The Morgan fingerprint density at radius 1 is 1.20 bits per heavy atom. The van der Waals surface area contributed by atoms with E-state index >= 15 is 0 Å². The number of rotatable bonds is 4. The first-order valence-electron chi connectivity index (χ1n) is 9.73. The van der Waals surface area contributed by atoms with Crippen molar-refractivity contribution >= 4 is 49.9 Å². The topological polar surface area (TPSA) is 92.3 Å². The summed E-state index contributed by atoms with van der Waals surface area (Å²) >= 11 is 3.49. The highest BCUT2D eigenvalue weighted by atomic mass is 79.9. The number of hydrogen-bond donors (Lipinski definition) is 1. The molecule has 4 aromatic rings. The number of aromatic nitrogens is 3. The van der Waals surface area contributed by atoms with E-state index in [1.54, 1.807) is 4.57 Å². The van der Waals surface area contributed by atoms with Gasteiger partial charge < -0.3 is 15.2 Å². The minimum absolute atomic E-state index is 0.0690. The summed E-state index contributed by atoms with van der Waals surface area (Å²) < 4.78 is 13.7. The van der Waals surface area contributed by atoms with E-state index in [0.717, 1.165) is 28.5 Å². The molecule has 2 aromatic carbocycles. The zero-order valence-corrected chi connectivity index (χ0v) is 17.6. The Labute approximate surface area is 180 Å². The summed E-state index contributed by atoms with van der Waals surface area (Å²) in [7, 11) is 0. The van der Waals surface area contributed by atoms with E-state index in [0.29, 0.717) is 23.3 Å². The van der Waals surface area contributed by atoms with Gasteiger partial charge in [-0.25, -0.2) is 14.8 Å². The number of halogens is 1. The molecule has 1 aliphatic rings. The number of nitrogen functional groups attached to an aromatic ring is 1. The molecule has 2 aromatic heterocycles. The Hall–Kier alpha value is -2.97. The predicted molar refractivity (Wildman–Crippen MR) is 118 cm³/mol. The van der Waals surface area contributed by atoms with Crippen LogP contribution in [0.3, 0.4) is 0 Å². The van der Waals surface area contributed by atoms with E-state index < -0.39 is 5.97 Å². The van der Waals surface area contributed by atoms with Gasteiger partial charge in [0.1, 0.15) is 23.5 Å². The molecule has 1 fully saturated rings. The van der Waals surface area contributed by atoms with Crippen LogP contribution in [0, 0.1) is 0 Å². The second-order valence-corrected chi connectivity index (χ2v) is 8.11. The van der Waals surface area contributed by atoms with Gasteiger partial charge in [0.15, 0.2) is 5.65 Å². The molecule has 1 aliphatic heterocycles. The molecule has 5 rings (SSSR count). The number of esters is 1. The molecule has 0 bridgehead atoms. The minimum Gasteiger partial charge on any atom is -0.459 e. The molecular weight excluding hydrogens is 448 g/mol. The zero-order chi connectivity index (χ0) is 20.7. The van der Waals surface area contributed by atoms with Gasteiger partial charge in [0.25, 0.3) is 0 Å². The fourth-order valence-corrected chi connectivity index (χ4v) is 4.14. The van der Waals surface area contributed by atoms with Crippen LogP contribution in [0.5, 0.6) is 0 Å². The van der Waals surface area contributed by atoms with Crippen LogP contribution in [-0.2, 0) is 9.47 Å². The molecule has 7 nitrogen and oxygen atoms in total. The molecule has 1 atom stereocenters. The molecule has 0 spiro atoms. The standard InChI is InChI=1S/C22H19BrN4O3/c23-13-5-3-6-14(11-13)27-20(24)18(22(28)30-12-15-7-4-10-29-15)19-21(27)26-17-9-2-1-8-16(17)25-19/h1-3,5-6,8-9,11,15H,4,7,10,12,24H2/t15-/m0/s1. The van der Waals surface area contributed by atoms with Gasteiger partial charge in [-0.2, -0.15) is 0 Å². The summed E-state index contributed by atoms with van der Waals surface area (Å²) in [6.45, 7) is 0.896. The lowest BCUT2D eigenvalue weighted by atomic mass is 10.2. The smallest absolute Gasteiger partial charge is 0.344 e. The molecule has 0 saturated carbocycles. The number of nitrogens with two attached hydrogens (primary N) is 1. The molecule has 30 heavy (non-hydrogen) atoms. The first kappa shape index (κ1) is 19.0. The number of carbonyl (C=O) groups excluding carboxylic acids is 1. The van der Waals surface area contributed by atoms with Crippen molar-refractivity contribution in [3.05, 3.63) is 58.6 Å². The van der Waals surface area contributed by atoms with Gasteiger partial charge in [-0.1, -0.05) is 34.1 Å². The average Bonchev–Trinajstić information content (AvgIpc) is 3.35. The van der Waals surface area contributed by atoms with Gasteiger partial charge >= 0.3 is 5.97 Å². The minimum atomic E-state index is -0.522. The van der Waals surface area contributed by atoms with Gasteiger partial charge in [-0.3, -0.25) is 4.57 Å². The Balaban J connectivity index is 1.67. The molecule has 0 aliphatic carbocycles. The molecule has 0 unspecified atom stereocenters. The second kappa shape index (κ2) is 7.70. The molecule has 152 valence electrons. The Morgan fingerprint density at radius 3 is 2.73 bits per heavy atom. The number of para-hydroxylation sites is 2. The maximum atomic E-state index is 13.0. The Kier molecular flexibility index (Phi) is 4.88. The lowest BCUT2D eigenvalue weighted by Crippen LogP contribution is -2.18. The van der Waals surface area contributed by atoms with Crippen LogP contribution in [0.4, 0.5) is 5.82 Å².